The maximum Gasteiger partial charge on any atom is 0.318 e. The van der Waals surface area contributed by atoms with Gasteiger partial charge in [-0.2, -0.15) is 8.78 Å². The molecule has 3 atom stereocenters. The summed E-state index contributed by atoms with van der Waals surface area (Å²) in [4.78, 5) is 24.5. The van der Waals surface area contributed by atoms with E-state index >= 15 is 0 Å². The van der Waals surface area contributed by atoms with Crippen LogP contribution in [0.25, 0.3) is 0 Å². The van der Waals surface area contributed by atoms with E-state index in [1.54, 1.807) is 11.0 Å². The average Bonchev–Trinajstić information content (AvgIpc) is 3.06. The molecule has 0 radical (unpaired) electrons. The van der Waals surface area contributed by atoms with Crippen LogP contribution in [0.5, 0.6) is 0 Å². The molecular weight excluding hydrogens is 402 g/mol. The van der Waals surface area contributed by atoms with Crippen LogP contribution in [0.4, 0.5) is 13.6 Å². The Bertz CT molecular complexity index is 718. The first-order valence-electron chi connectivity index (χ1n) is 9.39. The lowest BCUT2D eigenvalue weighted by molar-refractivity contribution is -0.130. The number of carbonyl (C=O) groups excluding carboxylic acids is 2. The molecule has 6 nitrogen and oxygen atoms in total. The Morgan fingerprint density at radius 2 is 2.14 bits per heavy atom. The van der Waals surface area contributed by atoms with Crippen molar-refractivity contribution in [2.75, 3.05) is 12.3 Å². The van der Waals surface area contributed by atoms with Crippen LogP contribution in [0, 0.1) is 0 Å². The Morgan fingerprint density at radius 1 is 1.45 bits per heavy atom. The maximum absolute atomic E-state index is 14.4. The quantitative estimate of drug-likeness (QED) is 0.339. The van der Waals surface area contributed by atoms with Gasteiger partial charge >= 0.3 is 17.9 Å². The van der Waals surface area contributed by atoms with Gasteiger partial charge in [0.05, 0.1) is 18.1 Å². The number of nitrogens with one attached hydrogen (secondary N) is 1. The van der Waals surface area contributed by atoms with Gasteiger partial charge in [0, 0.05) is 30.8 Å². The molecule has 29 heavy (non-hydrogen) atoms. The minimum absolute atomic E-state index is 0.142. The van der Waals surface area contributed by atoms with Crippen molar-refractivity contribution in [3.05, 3.63) is 48.0 Å². The molecule has 2 N–H and O–H groups in total. The fourth-order valence-corrected chi connectivity index (χ4v) is 3.64. The molecule has 0 aliphatic carbocycles. The van der Waals surface area contributed by atoms with Crippen molar-refractivity contribution < 1.29 is 27.7 Å². The van der Waals surface area contributed by atoms with Gasteiger partial charge in [0.15, 0.2) is 0 Å². The zero-order valence-electron chi connectivity index (χ0n) is 16.4. The lowest BCUT2D eigenvalue weighted by Gasteiger charge is -2.28. The lowest BCUT2D eigenvalue weighted by atomic mass is 10.0. The standard InChI is InChI=1S/C20H26F2N2O4S/c1-14(7-6-12-29-28-15(2)25)24-17(13-23-19(24)27)10-11-18(26)20(21,22)16-8-4-3-5-9-16/h3-5,8-11,14,17-18,26H,6-7,12-13H2,1-2H3,(H,23,27)/b11-10+/t14?,17-,18?/m0/s1. The molecule has 2 rings (SSSR count). The van der Waals surface area contributed by atoms with Gasteiger partial charge < -0.3 is 19.5 Å². The molecule has 1 aliphatic rings. The molecule has 0 spiro atoms. The van der Waals surface area contributed by atoms with Crippen LogP contribution in [-0.2, 0) is 14.9 Å². The molecule has 2 unspecified atom stereocenters. The van der Waals surface area contributed by atoms with E-state index in [0.29, 0.717) is 18.6 Å². The van der Waals surface area contributed by atoms with Gasteiger partial charge in [0.1, 0.15) is 6.10 Å². The van der Waals surface area contributed by atoms with Gasteiger partial charge in [0.25, 0.3) is 0 Å². The summed E-state index contributed by atoms with van der Waals surface area (Å²) in [5, 5.41) is 12.7. The summed E-state index contributed by atoms with van der Waals surface area (Å²) in [6.07, 6.45) is 1.87. The number of nitrogens with zero attached hydrogens (tertiary/aromatic N) is 1. The number of hydrogen-bond donors (Lipinski definition) is 2. The first-order valence-corrected chi connectivity index (χ1v) is 10.3. The van der Waals surface area contributed by atoms with Gasteiger partial charge in [0.2, 0.25) is 0 Å². The largest absolute Gasteiger partial charge is 0.392 e. The second-order valence-electron chi connectivity index (χ2n) is 6.87. The fraction of sp³-hybridized carbons (Fsp3) is 0.500. The monoisotopic (exact) mass is 428 g/mol. The summed E-state index contributed by atoms with van der Waals surface area (Å²) in [5.74, 6) is -3.20. The van der Waals surface area contributed by atoms with Crippen LogP contribution >= 0.6 is 12.0 Å². The third kappa shape index (κ3) is 6.43. The molecule has 1 aliphatic heterocycles. The maximum atomic E-state index is 14.4. The molecule has 9 heteroatoms. The molecule has 0 aromatic heterocycles. The Labute approximate surface area is 173 Å². The zero-order valence-corrected chi connectivity index (χ0v) is 17.2. The van der Waals surface area contributed by atoms with E-state index in [4.69, 9.17) is 4.18 Å². The van der Waals surface area contributed by atoms with E-state index in [1.807, 2.05) is 6.92 Å². The van der Waals surface area contributed by atoms with Gasteiger partial charge in [-0.05, 0) is 19.8 Å². The number of carbonyl (C=O) groups is 2. The average molecular weight is 429 g/mol. The van der Waals surface area contributed by atoms with E-state index in [0.717, 1.165) is 18.1 Å². The molecule has 0 bridgehead atoms. The van der Waals surface area contributed by atoms with Crippen LogP contribution in [0.1, 0.15) is 32.3 Å². The molecule has 0 saturated carbocycles. The summed E-state index contributed by atoms with van der Waals surface area (Å²) in [5.41, 5.74) is -0.270. The number of amides is 2. The van der Waals surface area contributed by atoms with Crippen molar-refractivity contribution >= 4 is 24.0 Å². The van der Waals surface area contributed by atoms with Crippen molar-refractivity contribution in [3.8, 4) is 0 Å². The third-order valence-corrected chi connectivity index (χ3v) is 5.41. The van der Waals surface area contributed by atoms with Crippen molar-refractivity contribution in [1.29, 1.82) is 0 Å². The number of halogens is 2. The fourth-order valence-electron chi connectivity index (χ4n) is 3.11. The second kappa shape index (κ2) is 10.6. The minimum atomic E-state index is -3.43. The van der Waals surface area contributed by atoms with Gasteiger partial charge in [-0.3, -0.25) is 4.79 Å². The molecule has 1 aromatic carbocycles. The van der Waals surface area contributed by atoms with Crippen molar-refractivity contribution in [3.63, 3.8) is 0 Å². The van der Waals surface area contributed by atoms with E-state index < -0.39 is 18.1 Å². The minimum Gasteiger partial charge on any atom is -0.392 e. The van der Waals surface area contributed by atoms with E-state index in [1.165, 1.54) is 37.3 Å². The van der Waals surface area contributed by atoms with Crippen LogP contribution in [-0.4, -0.2) is 52.5 Å². The SMILES string of the molecule is CC(=O)OSCCCC(C)N1C(=O)NC[C@@H]1/C=C/C(O)C(F)(F)c1ccccc1. The van der Waals surface area contributed by atoms with Crippen LogP contribution in [0.15, 0.2) is 42.5 Å². The number of rotatable bonds is 10. The molecule has 160 valence electrons. The van der Waals surface area contributed by atoms with E-state index in [9.17, 15) is 23.5 Å². The van der Waals surface area contributed by atoms with E-state index in [2.05, 4.69) is 5.32 Å². The van der Waals surface area contributed by atoms with Gasteiger partial charge in [-0.1, -0.05) is 42.5 Å². The molecule has 2 amide bonds. The summed E-state index contributed by atoms with van der Waals surface area (Å²) in [6, 6.07) is 6.28. The highest BCUT2D eigenvalue weighted by molar-refractivity contribution is 7.95. The van der Waals surface area contributed by atoms with Crippen LogP contribution in [0.2, 0.25) is 0 Å². The Kier molecular flexibility index (Phi) is 8.45. The summed E-state index contributed by atoms with van der Waals surface area (Å²) < 4.78 is 33.6. The third-order valence-electron chi connectivity index (χ3n) is 4.60. The number of hydrogen-bond acceptors (Lipinski definition) is 5. The first kappa shape index (κ1) is 23.2. The van der Waals surface area contributed by atoms with Crippen molar-refractivity contribution in [1.82, 2.24) is 10.2 Å². The first-order chi connectivity index (χ1) is 13.7. The molecule has 1 saturated heterocycles. The number of urea groups is 1. The summed E-state index contributed by atoms with van der Waals surface area (Å²) >= 11 is 1.06. The van der Waals surface area contributed by atoms with Gasteiger partial charge in [-0.15, -0.1) is 0 Å². The lowest BCUT2D eigenvalue weighted by Crippen LogP contribution is -2.41. The topological polar surface area (TPSA) is 78.9 Å². The Balaban J connectivity index is 1.94. The smallest absolute Gasteiger partial charge is 0.318 e. The molecule has 1 aromatic rings. The Hall–Kier alpha value is -2.13. The number of alkyl halides is 2. The highest BCUT2D eigenvalue weighted by Gasteiger charge is 2.39. The van der Waals surface area contributed by atoms with Crippen LogP contribution < -0.4 is 5.32 Å². The number of aliphatic hydroxyl groups excluding tert-OH is 1. The second-order valence-corrected chi connectivity index (χ2v) is 7.68. The van der Waals surface area contributed by atoms with Crippen LogP contribution in [0.3, 0.4) is 0 Å². The van der Waals surface area contributed by atoms with Gasteiger partial charge in [-0.25, -0.2) is 4.79 Å². The molecule has 1 heterocycles. The highest BCUT2D eigenvalue weighted by atomic mass is 32.2. The normalized spacial score (nSPS) is 19.3. The molecular formula is C20H26F2N2O4S. The van der Waals surface area contributed by atoms with Crippen molar-refractivity contribution in [2.24, 2.45) is 0 Å². The van der Waals surface area contributed by atoms with Crippen molar-refractivity contribution in [2.45, 2.75) is 50.8 Å². The summed E-state index contributed by atoms with van der Waals surface area (Å²) in [7, 11) is 0. The predicted molar refractivity (Wildman–Crippen MR) is 107 cm³/mol. The number of aliphatic hydroxyl groups is 1. The Morgan fingerprint density at radius 3 is 2.79 bits per heavy atom. The molecule has 1 fully saturated rings. The zero-order chi connectivity index (χ0) is 21.4. The summed E-state index contributed by atoms with van der Waals surface area (Å²) in [6.45, 7) is 3.49. The predicted octanol–water partition coefficient (Wildman–Crippen LogP) is 3.47. The van der Waals surface area contributed by atoms with E-state index in [-0.39, 0.29) is 30.2 Å². The highest BCUT2D eigenvalue weighted by Crippen LogP contribution is 2.32. The number of benzene rings is 1.